The highest BCUT2D eigenvalue weighted by molar-refractivity contribution is 6.17. The number of imide groups is 1. The molecule has 2 rings (SSSR count). The average Bonchev–Trinajstić information content (AvgIpc) is 2.75. The van der Waals surface area contributed by atoms with E-state index in [2.05, 4.69) is 10.6 Å². The number of amides is 2. The third kappa shape index (κ3) is 2.77. The summed E-state index contributed by atoms with van der Waals surface area (Å²) in [5, 5.41) is 23.5. The van der Waals surface area contributed by atoms with Crippen molar-refractivity contribution in [3.8, 4) is 0 Å². The summed E-state index contributed by atoms with van der Waals surface area (Å²) in [5.41, 5.74) is 0.729. The van der Waals surface area contributed by atoms with E-state index in [1.54, 1.807) is 13.1 Å². The number of rotatable bonds is 6. The zero-order valence-corrected chi connectivity index (χ0v) is 11.8. The van der Waals surface area contributed by atoms with E-state index in [0.717, 1.165) is 11.0 Å². The van der Waals surface area contributed by atoms with Crippen molar-refractivity contribution in [3.05, 3.63) is 35.5 Å². The van der Waals surface area contributed by atoms with Gasteiger partial charge < -0.3 is 20.8 Å². The van der Waals surface area contributed by atoms with Crippen LogP contribution >= 0.6 is 0 Å². The molecule has 8 nitrogen and oxygen atoms in total. The Bertz CT molecular complexity index is 668. The number of carbonyl (C=O) groups is 3. The van der Waals surface area contributed by atoms with E-state index < -0.39 is 17.8 Å². The van der Waals surface area contributed by atoms with Crippen molar-refractivity contribution >= 4 is 29.2 Å². The number of carbonyl (C=O) groups excluding carboxylic acids is 2. The molecule has 22 heavy (non-hydrogen) atoms. The molecular formula is C14H15N3O5. The average molecular weight is 305 g/mol. The quantitative estimate of drug-likeness (QED) is 0.550. The molecule has 0 bridgehead atoms. The number of nitrogens with one attached hydrogen (secondary N) is 2. The van der Waals surface area contributed by atoms with Gasteiger partial charge in [0, 0.05) is 13.1 Å². The summed E-state index contributed by atoms with van der Waals surface area (Å²) in [6, 6.07) is 4.54. The van der Waals surface area contributed by atoms with Crippen molar-refractivity contribution in [3.63, 3.8) is 0 Å². The summed E-state index contributed by atoms with van der Waals surface area (Å²) in [7, 11) is 1.56. The lowest BCUT2D eigenvalue weighted by Gasteiger charge is -2.16. The van der Waals surface area contributed by atoms with Crippen LogP contribution in [0.5, 0.6) is 0 Å². The molecule has 1 aromatic carbocycles. The van der Waals surface area contributed by atoms with Gasteiger partial charge >= 0.3 is 5.97 Å². The van der Waals surface area contributed by atoms with Gasteiger partial charge in [-0.25, -0.2) is 4.79 Å². The topological polar surface area (TPSA) is 119 Å². The van der Waals surface area contributed by atoms with Crippen molar-refractivity contribution in [2.45, 2.75) is 0 Å². The van der Waals surface area contributed by atoms with E-state index in [4.69, 9.17) is 10.2 Å². The SMILES string of the molecule is CNc1c(NC2=CC(=O)N(CCO)C2=O)cccc1C(=O)O. The van der Waals surface area contributed by atoms with Crippen LogP contribution in [-0.4, -0.2) is 53.1 Å². The van der Waals surface area contributed by atoms with Crippen molar-refractivity contribution in [2.75, 3.05) is 30.8 Å². The van der Waals surface area contributed by atoms with Gasteiger partial charge in [-0.15, -0.1) is 0 Å². The molecule has 116 valence electrons. The van der Waals surface area contributed by atoms with Crippen LogP contribution in [0.3, 0.4) is 0 Å². The summed E-state index contributed by atoms with van der Waals surface area (Å²) < 4.78 is 0. The van der Waals surface area contributed by atoms with Crippen LogP contribution in [0.2, 0.25) is 0 Å². The van der Waals surface area contributed by atoms with Crippen LogP contribution in [0, 0.1) is 0 Å². The Labute approximate surface area is 126 Å². The van der Waals surface area contributed by atoms with Gasteiger partial charge in [0.1, 0.15) is 5.70 Å². The number of nitrogens with zero attached hydrogens (tertiary/aromatic N) is 1. The lowest BCUT2D eigenvalue weighted by atomic mass is 10.1. The van der Waals surface area contributed by atoms with Crippen LogP contribution in [0.15, 0.2) is 30.0 Å². The number of carboxylic acid groups (broad SMARTS) is 1. The summed E-state index contributed by atoms with van der Waals surface area (Å²) in [6.07, 6.45) is 1.12. The lowest BCUT2D eigenvalue weighted by Crippen LogP contribution is -2.34. The lowest BCUT2D eigenvalue weighted by molar-refractivity contribution is -0.137. The number of aliphatic hydroxyl groups excluding tert-OH is 1. The summed E-state index contributed by atoms with van der Waals surface area (Å²) in [5.74, 6) is -2.21. The van der Waals surface area contributed by atoms with E-state index in [1.807, 2.05) is 0 Å². The molecule has 0 saturated carbocycles. The Kier molecular flexibility index (Phi) is 4.42. The van der Waals surface area contributed by atoms with Gasteiger partial charge in [0.05, 0.1) is 30.1 Å². The van der Waals surface area contributed by atoms with E-state index >= 15 is 0 Å². The highest BCUT2D eigenvalue weighted by atomic mass is 16.4. The number of hydrogen-bond acceptors (Lipinski definition) is 6. The fourth-order valence-electron chi connectivity index (χ4n) is 2.16. The van der Waals surface area contributed by atoms with Gasteiger partial charge in [0.25, 0.3) is 11.8 Å². The highest BCUT2D eigenvalue weighted by Crippen LogP contribution is 2.28. The second-order valence-electron chi connectivity index (χ2n) is 4.48. The minimum atomic E-state index is -1.11. The smallest absolute Gasteiger partial charge is 0.337 e. The van der Waals surface area contributed by atoms with Crippen LogP contribution in [0.4, 0.5) is 11.4 Å². The first-order valence-electron chi connectivity index (χ1n) is 6.49. The molecule has 0 aliphatic carbocycles. The summed E-state index contributed by atoms with van der Waals surface area (Å²) >= 11 is 0. The molecule has 2 amide bonds. The van der Waals surface area contributed by atoms with E-state index in [1.165, 1.54) is 12.1 Å². The van der Waals surface area contributed by atoms with Crippen LogP contribution in [0.1, 0.15) is 10.4 Å². The van der Waals surface area contributed by atoms with Gasteiger partial charge in [0.2, 0.25) is 0 Å². The Morgan fingerprint density at radius 1 is 1.32 bits per heavy atom. The second kappa shape index (κ2) is 6.27. The fraction of sp³-hybridized carbons (Fsp3) is 0.214. The highest BCUT2D eigenvalue weighted by Gasteiger charge is 2.31. The van der Waals surface area contributed by atoms with Gasteiger partial charge in [-0.05, 0) is 12.1 Å². The number of para-hydroxylation sites is 1. The molecule has 0 unspecified atom stereocenters. The Morgan fingerprint density at radius 2 is 2.05 bits per heavy atom. The van der Waals surface area contributed by atoms with E-state index in [9.17, 15) is 14.4 Å². The number of aliphatic hydroxyl groups is 1. The van der Waals surface area contributed by atoms with Crippen LogP contribution in [0.25, 0.3) is 0 Å². The minimum Gasteiger partial charge on any atom is -0.478 e. The molecule has 0 saturated heterocycles. The normalized spacial score (nSPS) is 14.1. The van der Waals surface area contributed by atoms with E-state index in [0.29, 0.717) is 11.4 Å². The number of carboxylic acids is 1. The predicted octanol–water partition coefficient (Wildman–Crippen LogP) is 0.0834. The first kappa shape index (κ1) is 15.5. The summed E-state index contributed by atoms with van der Waals surface area (Å²) in [6.45, 7) is -0.414. The largest absolute Gasteiger partial charge is 0.478 e. The number of benzene rings is 1. The zero-order chi connectivity index (χ0) is 16.3. The van der Waals surface area contributed by atoms with Gasteiger partial charge in [0.15, 0.2) is 0 Å². The molecule has 1 heterocycles. The van der Waals surface area contributed by atoms with Gasteiger partial charge in [-0.3, -0.25) is 14.5 Å². The number of anilines is 2. The molecule has 1 aliphatic heterocycles. The van der Waals surface area contributed by atoms with Crippen LogP contribution < -0.4 is 10.6 Å². The van der Waals surface area contributed by atoms with Crippen LogP contribution in [-0.2, 0) is 9.59 Å². The maximum Gasteiger partial charge on any atom is 0.337 e. The standard InChI is InChI=1S/C14H15N3O5/c1-15-12-8(14(21)22)3-2-4-9(12)16-10-7-11(19)17(5-6-18)13(10)20/h2-4,7,15-16,18H,5-6H2,1H3,(H,21,22). The molecule has 1 aromatic rings. The first-order chi connectivity index (χ1) is 10.5. The van der Waals surface area contributed by atoms with Crippen molar-refractivity contribution in [1.82, 2.24) is 4.90 Å². The Hall–Kier alpha value is -2.87. The Morgan fingerprint density at radius 3 is 2.64 bits per heavy atom. The first-order valence-corrected chi connectivity index (χ1v) is 6.49. The Balaban J connectivity index is 2.31. The third-order valence-corrected chi connectivity index (χ3v) is 3.15. The molecule has 0 atom stereocenters. The predicted molar refractivity (Wildman–Crippen MR) is 78.5 cm³/mol. The molecule has 0 fully saturated rings. The van der Waals surface area contributed by atoms with Crippen molar-refractivity contribution in [2.24, 2.45) is 0 Å². The maximum atomic E-state index is 12.1. The number of aromatic carboxylic acids is 1. The zero-order valence-electron chi connectivity index (χ0n) is 11.8. The molecule has 0 radical (unpaired) electrons. The molecule has 8 heteroatoms. The molecule has 4 N–H and O–H groups in total. The summed E-state index contributed by atoms with van der Waals surface area (Å²) in [4.78, 5) is 35.8. The second-order valence-corrected chi connectivity index (χ2v) is 4.48. The molecular weight excluding hydrogens is 290 g/mol. The van der Waals surface area contributed by atoms with Gasteiger partial charge in [-0.2, -0.15) is 0 Å². The molecule has 1 aliphatic rings. The molecule has 0 spiro atoms. The van der Waals surface area contributed by atoms with Crippen molar-refractivity contribution < 1.29 is 24.6 Å². The van der Waals surface area contributed by atoms with Gasteiger partial charge in [-0.1, -0.05) is 6.07 Å². The number of hydrogen-bond donors (Lipinski definition) is 4. The fourth-order valence-corrected chi connectivity index (χ4v) is 2.16. The maximum absolute atomic E-state index is 12.1. The number of β-amino-alcohol motifs (C(OH)–C–C–N with tert-alkyl or cyclic N) is 1. The third-order valence-electron chi connectivity index (χ3n) is 3.15. The molecule has 0 aromatic heterocycles. The monoisotopic (exact) mass is 305 g/mol. The minimum absolute atomic E-state index is 0.0255. The van der Waals surface area contributed by atoms with E-state index in [-0.39, 0.29) is 24.4 Å². The van der Waals surface area contributed by atoms with Crippen molar-refractivity contribution in [1.29, 1.82) is 0 Å².